The maximum Gasteiger partial charge on any atom is 0.165 e. The summed E-state index contributed by atoms with van der Waals surface area (Å²) in [4.78, 5) is 2.27. The highest BCUT2D eigenvalue weighted by molar-refractivity contribution is 4.92. The monoisotopic (exact) mass is 153 g/mol. The predicted octanol–water partition coefficient (Wildman–Crippen LogP) is -0.0336. The van der Waals surface area contributed by atoms with Crippen LogP contribution >= 0.6 is 0 Å². The number of tetrazole rings is 1. The predicted molar refractivity (Wildman–Crippen MR) is 38.8 cm³/mol. The van der Waals surface area contributed by atoms with Gasteiger partial charge in [-0.15, -0.1) is 5.10 Å². The zero-order valence-electron chi connectivity index (χ0n) is 6.49. The van der Waals surface area contributed by atoms with Gasteiger partial charge in [-0.05, 0) is 36.9 Å². The van der Waals surface area contributed by atoms with E-state index in [-0.39, 0.29) is 0 Å². The molecular formula is C6H11N5. The molecule has 60 valence electrons. The average molecular weight is 153 g/mol. The van der Waals surface area contributed by atoms with E-state index in [0.29, 0.717) is 6.04 Å². The van der Waals surface area contributed by atoms with E-state index in [1.54, 1.807) is 0 Å². The maximum atomic E-state index is 3.89. The van der Waals surface area contributed by atoms with Gasteiger partial charge in [0.1, 0.15) is 0 Å². The van der Waals surface area contributed by atoms with E-state index in [4.69, 9.17) is 0 Å². The van der Waals surface area contributed by atoms with E-state index >= 15 is 0 Å². The van der Waals surface area contributed by atoms with Gasteiger partial charge in [-0.2, -0.15) is 0 Å². The molecular weight excluding hydrogens is 142 g/mol. The van der Waals surface area contributed by atoms with Crippen LogP contribution in [0.1, 0.15) is 24.7 Å². The van der Waals surface area contributed by atoms with Crippen LogP contribution in [0.2, 0.25) is 0 Å². The van der Waals surface area contributed by atoms with Crippen molar-refractivity contribution in [2.75, 3.05) is 13.6 Å². The summed E-state index contributed by atoms with van der Waals surface area (Å²) in [6, 6.07) is 0.407. The summed E-state index contributed by atoms with van der Waals surface area (Å²) in [6.07, 6.45) is 2.40. The largest absolute Gasteiger partial charge is 0.296 e. The van der Waals surface area contributed by atoms with Crippen molar-refractivity contribution in [2.45, 2.75) is 18.9 Å². The summed E-state index contributed by atoms with van der Waals surface area (Å²) in [5.41, 5.74) is 0. The Labute approximate surface area is 64.8 Å². The van der Waals surface area contributed by atoms with Crippen LogP contribution < -0.4 is 0 Å². The molecule has 0 bridgehead atoms. The lowest BCUT2D eigenvalue weighted by Crippen LogP contribution is -2.18. The molecule has 0 aromatic carbocycles. The highest BCUT2D eigenvalue weighted by atomic mass is 15.5. The zero-order valence-corrected chi connectivity index (χ0v) is 6.49. The Morgan fingerprint density at radius 1 is 1.64 bits per heavy atom. The first kappa shape index (κ1) is 6.72. The van der Waals surface area contributed by atoms with Crippen molar-refractivity contribution in [2.24, 2.45) is 0 Å². The normalized spacial score (nSPS) is 26.1. The smallest absolute Gasteiger partial charge is 0.165 e. The van der Waals surface area contributed by atoms with Crippen molar-refractivity contribution in [1.82, 2.24) is 25.5 Å². The number of likely N-dealkylation sites (tertiary alicyclic amines) is 1. The molecule has 0 amide bonds. The minimum Gasteiger partial charge on any atom is -0.296 e. The number of hydrogen-bond acceptors (Lipinski definition) is 4. The van der Waals surface area contributed by atoms with E-state index in [1.807, 2.05) is 0 Å². The summed E-state index contributed by atoms with van der Waals surface area (Å²) in [5, 5.41) is 13.8. The summed E-state index contributed by atoms with van der Waals surface area (Å²) in [6.45, 7) is 1.14. The van der Waals surface area contributed by atoms with Crippen molar-refractivity contribution in [1.29, 1.82) is 0 Å². The third-order valence-corrected chi connectivity index (χ3v) is 2.20. The summed E-state index contributed by atoms with van der Waals surface area (Å²) >= 11 is 0. The van der Waals surface area contributed by atoms with E-state index in [9.17, 15) is 0 Å². The number of aromatic nitrogens is 4. The van der Waals surface area contributed by atoms with Crippen molar-refractivity contribution in [3.05, 3.63) is 5.82 Å². The molecule has 1 aromatic heterocycles. The van der Waals surface area contributed by atoms with Crippen LogP contribution in [0.4, 0.5) is 0 Å². The molecule has 1 N–H and O–H groups in total. The Morgan fingerprint density at radius 2 is 2.55 bits per heavy atom. The Hall–Kier alpha value is -0.970. The Bertz CT molecular complexity index is 219. The molecule has 5 heteroatoms. The zero-order chi connectivity index (χ0) is 7.68. The first-order valence-corrected chi connectivity index (χ1v) is 3.82. The van der Waals surface area contributed by atoms with Gasteiger partial charge in [0, 0.05) is 0 Å². The Balaban J connectivity index is 2.16. The molecule has 1 fully saturated rings. The first-order valence-electron chi connectivity index (χ1n) is 3.82. The van der Waals surface area contributed by atoms with Gasteiger partial charge in [-0.3, -0.25) is 4.90 Å². The second-order valence-corrected chi connectivity index (χ2v) is 2.93. The molecule has 1 aliphatic heterocycles. The Kier molecular flexibility index (Phi) is 1.58. The van der Waals surface area contributed by atoms with Gasteiger partial charge < -0.3 is 0 Å². The van der Waals surface area contributed by atoms with Gasteiger partial charge in [-0.25, -0.2) is 5.10 Å². The minimum atomic E-state index is 0.407. The fraction of sp³-hybridized carbons (Fsp3) is 0.833. The number of nitrogens with one attached hydrogen (secondary N) is 1. The topological polar surface area (TPSA) is 57.7 Å². The van der Waals surface area contributed by atoms with Crippen LogP contribution in [0.15, 0.2) is 0 Å². The molecule has 2 rings (SSSR count). The molecule has 1 aliphatic rings. The molecule has 0 spiro atoms. The van der Waals surface area contributed by atoms with Gasteiger partial charge >= 0.3 is 0 Å². The lowest BCUT2D eigenvalue weighted by atomic mass is 10.2. The highest BCUT2D eigenvalue weighted by Crippen LogP contribution is 2.26. The van der Waals surface area contributed by atoms with Crippen molar-refractivity contribution < 1.29 is 0 Å². The minimum absolute atomic E-state index is 0.407. The number of hydrogen-bond donors (Lipinski definition) is 1. The number of aromatic amines is 1. The molecule has 0 aliphatic carbocycles. The van der Waals surface area contributed by atoms with Gasteiger partial charge in [0.05, 0.1) is 6.04 Å². The van der Waals surface area contributed by atoms with Crippen molar-refractivity contribution in [3.8, 4) is 0 Å². The highest BCUT2D eigenvalue weighted by Gasteiger charge is 2.24. The summed E-state index contributed by atoms with van der Waals surface area (Å²) in [7, 11) is 2.10. The van der Waals surface area contributed by atoms with Crippen LogP contribution in [-0.4, -0.2) is 39.1 Å². The second-order valence-electron chi connectivity index (χ2n) is 2.93. The number of nitrogens with zero attached hydrogens (tertiary/aromatic N) is 4. The van der Waals surface area contributed by atoms with Crippen LogP contribution in [0, 0.1) is 0 Å². The van der Waals surface area contributed by atoms with Crippen LogP contribution in [0.3, 0.4) is 0 Å². The lowest BCUT2D eigenvalue weighted by molar-refractivity contribution is 0.306. The summed E-state index contributed by atoms with van der Waals surface area (Å²) in [5.74, 6) is 0.894. The second kappa shape index (κ2) is 2.58. The third kappa shape index (κ3) is 1.11. The molecule has 5 nitrogen and oxygen atoms in total. The van der Waals surface area contributed by atoms with Gasteiger partial charge in [-0.1, -0.05) is 0 Å². The van der Waals surface area contributed by atoms with Gasteiger partial charge in [0.15, 0.2) is 5.82 Å². The van der Waals surface area contributed by atoms with E-state index in [0.717, 1.165) is 18.8 Å². The van der Waals surface area contributed by atoms with Crippen LogP contribution in [0.25, 0.3) is 0 Å². The molecule has 1 aromatic rings. The summed E-state index contributed by atoms with van der Waals surface area (Å²) < 4.78 is 0. The fourth-order valence-corrected chi connectivity index (χ4v) is 1.56. The quantitative estimate of drug-likeness (QED) is 0.615. The first-order chi connectivity index (χ1) is 5.38. The van der Waals surface area contributed by atoms with E-state index in [2.05, 4.69) is 32.6 Å². The lowest BCUT2D eigenvalue weighted by Gasteiger charge is -2.14. The molecule has 1 atom stereocenters. The molecule has 2 heterocycles. The van der Waals surface area contributed by atoms with E-state index in [1.165, 1.54) is 6.42 Å². The number of H-pyrrole nitrogens is 1. The standard InChI is InChI=1S/C6H11N5/c1-11-4-2-3-5(11)6-7-9-10-8-6/h5H,2-4H2,1H3,(H,7,8,9,10). The number of rotatable bonds is 1. The SMILES string of the molecule is CN1CCCC1c1nnn[nH]1. The van der Waals surface area contributed by atoms with E-state index < -0.39 is 0 Å². The van der Waals surface area contributed by atoms with Gasteiger partial charge in [0.2, 0.25) is 0 Å². The molecule has 0 radical (unpaired) electrons. The molecule has 1 saturated heterocycles. The van der Waals surface area contributed by atoms with Crippen molar-refractivity contribution in [3.63, 3.8) is 0 Å². The molecule has 11 heavy (non-hydrogen) atoms. The van der Waals surface area contributed by atoms with Gasteiger partial charge in [0.25, 0.3) is 0 Å². The third-order valence-electron chi connectivity index (χ3n) is 2.20. The Morgan fingerprint density at radius 3 is 3.09 bits per heavy atom. The molecule has 1 unspecified atom stereocenters. The molecule has 0 saturated carbocycles. The fourth-order valence-electron chi connectivity index (χ4n) is 1.56. The van der Waals surface area contributed by atoms with Crippen LogP contribution in [0.5, 0.6) is 0 Å². The average Bonchev–Trinajstić information content (AvgIpc) is 2.55. The van der Waals surface area contributed by atoms with Crippen molar-refractivity contribution >= 4 is 0 Å². The van der Waals surface area contributed by atoms with Crippen LogP contribution in [-0.2, 0) is 0 Å². The maximum absolute atomic E-state index is 3.89.